The molecule has 3 aromatic rings. The quantitative estimate of drug-likeness (QED) is 0.752. The number of nitrogens with zero attached hydrogens (tertiary/aromatic N) is 4. The van der Waals surface area contributed by atoms with Gasteiger partial charge < -0.3 is 14.7 Å². The molecule has 1 saturated heterocycles. The Morgan fingerprint density at radius 2 is 1.93 bits per heavy atom. The van der Waals surface area contributed by atoms with Gasteiger partial charge in [0.15, 0.2) is 5.82 Å². The first-order chi connectivity index (χ1) is 13.6. The molecule has 2 aromatic heterocycles. The van der Waals surface area contributed by atoms with Gasteiger partial charge in [0.1, 0.15) is 5.76 Å². The maximum Gasteiger partial charge on any atom is 0.253 e. The van der Waals surface area contributed by atoms with Crippen LogP contribution in [0.5, 0.6) is 0 Å². The number of aryl methyl sites for hydroxylation is 1. The minimum Gasteiger partial charge on any atom is -0.360 e. The molecule has 1 aliphatic rings. The van der Waals surface area contributed by atoms with Crippen molar-refractivity contribution in [2.75, 3.05) is 18.4 Å². The Labute approximate surface area is 162 Å². The molecule has 0 unspecified atom stereocenters. The largest absolute Gasteiger partial charge is 0.360 e. The standard InChI is InChI=1S/C20H21N5O3/c1-14-13-18(23-28-14)22-19(26)15-7-11-24(12-8-15)20(27)16-3-5-17(6-4-16)25-10-2-9-21-25/h2-6,9-10,13,15H,7-8,11-12H2,1H3,(H,22,23,26). The molecular weight excluding hydrogens is 358 g/mol. The average Bonchev–Trinajstić information content (AvgIpc) is 3.40. The molecule has 0 bridgehead atoms. The Bertz CT molecular complexity index is 954. The monoisotopic (exact) mass is 379 g/mol. The molecule has 0 aliphatic carbocycles. The molecule has 8 nitrogen and oxygen atoms in total. The van der Waals surface area contributed by atoms with Gasteiger partial charge in [-0.2, -0.15) is 5.10 Å². The smallest absolute Gasteiger partial charge is 0.253 e. The van der Waals surface area contributed by atoms with Crippen LogP contribution in [0, 0.1) is 12.8 Å². The predicted octanol–water partition coefficient (Wildman–Crippen LogP) is 2.66. The molecule has 144 valence electrons. The first-order valence-electron chi connectivity index (χ1n) is 9.24. The highest BCUT2D eigenvalue weighted by molar-refractivity contribution is 5.95. The van der Waals surface area contributed by atoms with Crippen LogP contribution in [0.3, 0.4) is 0 Å². The molecule has 1 aliphatic heterocycles. The minimum atomic E-state index is -0.136. The highest BCUT2D eigenvalue weighted by Gasteiger charge is 2.28. The van der Waals surface area contributed by atoms with Crippen molar-refractivity contribution in [3.8, 4) is 5.69 Å². The number of rotatable bonds is 4. The van der Waals surface area contributed by atoms with E-state index in [-0.39, 0.29) is 17.7 Å². The topological polar surface area (TPSA) is 93.3 Å². The van der Waals surface area contributed by atoms with Crippen molar-refractivity contribution in [1.29, 1.82) is 0 Å². The number of anilines is 1. The van der Waals surface area contributed by atoms with Crippen LogP contribution in [0.1, 0.15) is 29.0 Å². The second-order valence-corrected chi connectivity index (χ2v) is 6.88. The van der Waals surface area contributed by atoms with Gasteiger partial charge in [-0.1, -0.05) is 5.16 Å². The van der Waals surface area contributed by atoms with Crippen molar-refractivity contribution in [2.45, 2.75) is 19.8 Å². The zero-order valence-corrected chi connectivity index (χ0v) is 15.5. The molecule has 8 heteroatoms. The molecular formula is C20H21N5O3. The summed E-state index contributed by atoms with van der Waals surface area (Å²) in [6.45, 7) is 2.87. The van der Waals surface area contributed by atoms with E-state index in [1.165, 1.54) is 0 Å². The predicted molar refractivity (Wildman–Crippen MR) is 102 cm³/mol. The van der Waals surface area contributed by atoms with Crippen LogP contribution in [0.2, 0.25) is 0 Å². The maximum atomic E-state index is 12.7. The second-order valence-electron chi connectivity index (χ2n) is 6.88. The zero-order chi connectivity index (χ0) is 19.5. The van der Waals surface area contributed by atoms with Crippen LogP contribution in [0.15, 0.2) is 53.3 Å². The highest BCUT2D eigenvalue weighted by atomic mass is 16.5. The van der Waals surface area contributed by atoms with Crippen LogP contribution in [-0.4, -0.2) is 44.7 Å². The van der Waals surface area contributed by atoms with E-state index in [0.717, 1.165) is 5.69 Å². The van der Waals surface area contributed by atoms with Crippen LogP contribution in [0.4, 0.5) is 5.82 Å². The summed E-state index contributed by atoms with van der Waals surface area (Å²) in [5, 5.41) is 10.7. The number of carbonyl (C=O) groups is 2. The van der Waals surface area contributed by atoms with E-state index in [4.69, 9.17) is 4.52 Å². The summed E-state index contributed by atoms with van der Waals surface area (Å²) in [5.41, 5.74) is 1.54. The van der Waals surface area contributed by atoms with Crippen molar-refractivity contribution in [3.63, 3.8) is 0 Å². The van der Waals surface area contributed by atoms with Crippen molar-refractivity contribution in [1.82, 2.24) is 19.8 Å². The highest BCUT2D eigenvalue weighted by Crippen LogP contribution is 2.21. The Kier molecular flexibility index (Phi) is 4.92. The normalized spacial score (nSPS) is 14.8. The molecule has 1 aromatic carbocycles. The van der Waals surface area contributed by atoms with Gasteiger partial charge in [-0.05, 0) is 50.1 Å². The summed E-state index contributed by atoms with van der Waals surface area (Å²) in [5.74, 6) is 0.845. The third kappa shape index (κ3) is 3.80. The summed E-state index contributed by atoms with van der Waals surface area (Å²) >= 11 is 0. The Hall–Kier alpha value is -3.42. The van der Waals surface area contributed by atoms with Crippen LogP contribution >= 0.6 is 0 Å². The van der Waals surface area contributed by atoms with Crippen molar-refractivity contribution < 1.29 is 14.1 Å². The molecule has 3 heterocycles. The fourth-order valence-corrected chi connectivity index (χ4v) is 3.36. The number of carbonyl (C=O) groups excluding carboxylic acids is 2. The second kappa shape index (κ2) is 7.67. The van der Waals surface area contributed by atoms with Gasteiger partial charge in [-0.15, -0.1) is 0 Å². The van der Waals surface area contributed by atoms with Gasteiger partial charge in [0, 0.05) is 43.0 Å². The molecule has 0 radical (unpaired) electrons. The van der Waals surface area contributed by atoms with Crippen LogP contribution in [0.25, 0.3) is 5.69 Å². The third-order valence-corrected chi connectivity index (χ3v) is 4.92. The summed E-state index contributed by atoms with van der Waals surface area (Å²) in [6, 6.07) is 10.9. The molecule has 1 N–H and O–H groups in total. The van der Waals surface area contributed by atoms with E-state index in [1.54, 1.807) is 28.8 Å². The van der Waals surface area contributed by atoms with Gasteiger partial charge in [-0.3, -0.25) is 9.59 Å². The lowest BCUT2D eigenvalue weighted by atomic mass is 9.95. The fraction of sp³-hybridized carbons (Fsp3) is 0.300. The van der Waals surface area contributed by atoms with E-state index < -0.39 is 0 Å². The molecule has 0 saturated carbocycles. The molecule has 4 rings (SSSR count). The number of hydrogen-bond donors (Lipinski definition) is 1. The molecule has 1 fully saturated rings. The zero-order valence-electron chi connectivity index (χ0n) is 15.5. The number of hydrogen-bond acceptors (Lipinski definition) is 5. The van der Waals surface area contributed by atoms with Gasteiger partial charge in [0.25, 0.3) is 5.91 Å². The molecule has 0 spiro atoms. The Morgan fingerprint density at radius 3 is 2.54 bits per heavy atom. The first-order valence-corrected chi connectivity index (χ1v) is 9.24. The molecule has 2 amide bonds. The van der Waals surface area contributed by atoms with Crippen molar-refractivity contribution in [3.05, 3.63) is 60.1 Å². The van der Waals surface area contributed by atoms with Gasteiger partial charge in [0.05, 0.1) is 5.69 Å². The van der Waals surface area contributed by atoms with E-state index in [0.29, 0.717) is 43.1 Å². The number of amides is 2. The lowest BCUT2D eigenvalue weighted by Gasteiger charge is -2.31. The number of likely N-dealkylation sites (tertiary alicyclic amines) is 1. The van der Waals surface area contributed by atoms with E-state index in [9.17, 15) is 9.59 Å². The Morgan fingerprint density at radius 1 is 1.18 bits per heavy atom. The SMILES string of the molecule is Cc1cc(NC(=O)C2CCN(C(=O)c3ccc(-n4cccn4)cc3)CC2)no1. The van der Waals surface area contributed by atoms with E-state index in [2.05, 4.69) is 15.6 Å². The van der Waals surface area contributed by atoms with E-state index >= 15 is 0 Å². The number of piperidine rings is 1. The third-order valence-electron chi connectivity index (χ3n) is 4.92. The van der Waals surface area contributed by atoms with Gasteiger partial charge in [0.2, 0.25) is 5.91 Å². The van der Waals surface area contributed by atoms with E-state index in [1.807, 2.05) is 36.5 Å². The summed E-state index contributed by atoms with van der Waals surface area (Å²) < 4.78 is 6.70. The lowest BCUT2D eigenvalue weighted by Crippen LogP contribution is -2.41. The maximum absolute atomic E-state index is 12.7. The average molecular weight is 379 g/mol. The molecule has 28 heavy (non-hydrogen) atoms. The first kappa shape index (κ1) is 18.0. The van der Waals surface area contributed by atoms with Crippen LogP contribution < -0.4 is 5.32 Å². The van der Waals surface area contributed by atoms with Crippen molar-refractivity contribution >= 4 is 17.6 Å². The Balaban J connectivity index is 1.33. The number of aromatic nitrogens is 3. The summed E-state index contributed by atoms with van der Waals surface area (Å²) in [6.07, 6.45) is 4.82. The van der Waals surface area contributed by atoms with Gasteiger partial charge in [-0.25, -0.2) is 4.68 Å². The number of nitrogens with one attached hydrogen (secondary N) is 1. The number of benzene rings is 1. The molecule has 0 atom stereocenters. The lowest BCUT2D eigenvalue weighted by molar-refractivity contribution is -0.121. The minimum absolute atomic E-state index is 0.0157. The van der Waals surface area contributed by atoms with Crippen molar-refractivity contribution in [2.24, 2.45) is 5.92 Å². The summed E-state index contributed by atoms with van der Waals surface area (Å²) in [4.78, 5) is 26.9. The fourth-order valence-electron chi connectivity index (χ4n) is 3.36. The summed E-state index contributed by atoms with van der Waals surface area (Å²) in [7, 11) is 0. The van der Waals surface area contributed by atoms with Gasteiger partial charge >= 0.3 is 0 Å². The van der Waals surface area contributed by atoms with Crippen LogP contribution in [-0.2, 0) is 4.79 Å².